The Labute approximate surface area is 55.2 Å². The summed E-state index contributed by atoms with van der Waals surface area (Å²) in [6.45, 7) is 6.74. The van der Waals surface area contributed by atoms with Gasteiger partial charge in [0.15, 0.2) is 0 Å². The molecule has 0 aliphatic rings. The van der Waals surface area contributed by atoms with Crippen molar-refractivity contribution in [3.8, 4) is 0 Å². The average Bonchev–Trinajstić information content (AvgIpc) is 1.84. The minimum Gasteiger partial charge on any atom is -0.190 e. The van der Waals surface area contributed by atoms with E-state index in [0.717, 1.165) is 0 Å². The van der Waals surface area contributed by atoms with Crippen LogP contribution in [0.4, 0.5) is 0 Å². The highest BCUT2D eigenvalue weighted by molar-refractivity contribution is 8.15. The lowest BCUT2D eigenvalue weighted by molar-refractivity contribution is 1.30. The van der Waals surface area contributed by atoms with Crippen LogP contribution in [0.3, 0.4) is 0 Å². The molecule has 0 rings (SSSR count). The van der Waals surface area contributed by atoms with Gasteiger partial charge in [-0.1, -0.05) is 18.7 Å². The number of hydrogen-bond donors (Lipinski definition) is 0. The molecule has 1 unspecified atom stereocenters. The topological polar surface area (TPSA) is 0 Å². The summed E-state index contributed by atoms with van der Waals surface area (Å²) in [5.41, 5.74) is 0. The second-order valence-corrected chi connectivity index (χ2v) is 4.53. The highest BCUT2D eigenvalue weighted by Gasteiger charge is 1.86. The molecule has 0 N–H and O–H groups in total. The Bertz CT molecular complexity index is 80.6. The molecule has 0 heterocycles. The summed E-state index contributed by atoms with van der Waals surface area (Å²) in [5, 5.41) is 0. The quantitative estimate of drug-likeness (QED) is 0.506. The summed E-state index contributed by atoms with van der Waals surface area (Å²) in [6, 6.07) is 0. The molecule has 0 aliphatic heterocycles. The molecule has 0 fully saturated rings. The van der Waals surface area contributed by atoms with Crippen molar-refractivity contribution in [2.45, 2.75) is 27.2 Å². The Kier molecular flexibility index (Phi) is 4.25. The molecule has 0 radical (unpaired) electrons. The smallest absolute Gasteiger partial charge is 0.0149 e. The van der Waals surface area contributed by atoms with E-state index in [4.69, 9.17) is 0 Å². The third-order valence-electron chi connectivity index (χ3n) is 1.53. The van der Waals surface area contributed by atoms with Crippen molar-refractivity contribution in [3.05, 3.63) is 0 Å². The molecular weight excluding hydrogens is 116 g/mol. The van der Waals surface area contributed by atoms with Gasteiger partial charge in [-0.25, -0.2) is 0 Å². The fraction of sp³-hybridized carbons (Fsp3) is 0.857. The molecule has 0 amide bonds. The van der Waals surface area contributed by atoms with Gasteiger partial charge in [-0.05, 0) is 25.4 Å². The van der Waals surface area contributed by atoms with Crippen LogP contribution in [0.25, 0.3) is 0 Å². The van der Waals surface area contributed by atoms with E-state index in [9.17, 15) is 0 Å². The molecule has 0 bridgehead atoms. The lowest BCUT2D eigenvalue weighted by atomic mass is 10.4. The largest absolute Gasteiger partial charge is 0.190 e. The standard InChI is InChI=1S/C7H16S/c1-5-7(3)8(4)6-2/h5-6H2,1-4H3. The zero-order valence-electron chi connectivity index (χ0n) is 6.32. The number of rotatable bonds is 2. The molecule has 50 valence electrons. The first kappa shape index (κ1) is 8.22. The lowest BCUT2D eigenvalue weighted by Gasteiger charge is -2.01. The molecule has 0 aliphatic carbocycles. The van der Waals surface area contributed by atoms with Crippen molar-refractivity contribution in [2.75, 3.05) is 12.0 Å². The van der Waals surface area contributed by atoms with Crippen molar-refractivity contribution < 1.29 is 0 Å². The van der Waals surface area contributed by atoms with Crippen LogP contribution in [-0.2, 0) is 0 Å². The van der Waals surface area contributed by atoms with E-state index < -0.39 is 0 Å². The fourth-order valence-electron chi connectivity index (χ4n) is 0.493. The van der Waals surface area contributed by atoms with Gasteiger partial charge in [-0.3, -0.25) is 0 Å². The first-order valence-corrected chi connectivity index (χ1v) is 4.97. The zero-order chi connectivity index (χ0) is 6.57. The van der Waals surface area contributed by atoms with Crippen molar-refractivity contribution in [1.82, 2.24) is 0 Å². The number of hydrogen-bond acceptors (Lipinski definition) is 0. The van der Waals surface area contributed by atoms with Crippen LogP contribution in [0.15, 0.2) is 0 Å². The van der Waals surface area contributed by atoms with Gasteiger partial charge in [0, 0.05) is 0 Å². The molecule has 0 saturated carbocycles. The Morgan fingerprint density at radius 3 is 2.00 bits per heavy atom. The first-order chi connectivity index (χ1) is 3.72. The molecule has 0 aromatic rings. The zero-order valence-corrected chi connectivity index (χ0v) is 7.14. The van der Waals surface area contributed by atoms with Crippen LogP contribution in [0, 0.1) is 0 Å². The van der Waals surface area contributed by atoms with E-state index in [2.05, 4.69) is 27.0 Å². The lowest BCUT2D eigenvalue weighted by Crippen LogP contribution is -1.88. The van der Waals surface area contributed by atoms with Gasteiger partial charge in [0.05, 0.1) is 0 Å². The van der Waals surface area contributed by atoms with Crippen molar-refractivity contribution in [3.63, 3.8) is 0 Å². The molecule has 0 saturated heterocycles. The summed E-state index contributed by atoms with van der Waals surface area (Å²) in [4.78, 5) is 1.66. The highest BCUT2D eigenvalue weighted by atomic mass is 32.2. The van der Waals surface area contributed by atoms with E-state index >= 15 is 0 Å². The van der Waals surface area contributed by atoms with E-state index in [1.54, 1.807) is 4.86 Å². The molecule has 1 heteroatoms. The third-order valence-corrected chi connectivity index (χ3v) is 3.87. The van der Waals surface area contributed by atoms with E-state index in [0.29, 0.717) is 10.5 Å². The molecule has 0 spiro atoms. The fourth-order valence-corrected chi connectivity index (χ4v) is 1.48. The van der Waals surface area contributed by atoms with Gasteiger partial charge in [-0.2, -0.15) is 10.5 Å². The summed E-state index contributed by atoms with van der Waals surface area (Å²) >= 11 is 0. The minimum atomic E-state index is 0.595. The Balaban J connectivity index is 3.83. The summed E-state index contributed by atoms with van der Waals surface area (Å²) in [6.07, 6.45) is 3.58. The van der Waals surface area contributed by atoms with Crippen molar-refractivity contribution in [1.29, 1.82) is 0 Å². The maximum Gasteiger partial charge on any atom is -0.0149 e. The van der Waals surface area contributed by atoms with E-state index in [1.165, 1.54) is 12.2 Å². The molecule has 0 nitrogen and oxygen atoms in total. The second-order valence-electron chi connectivity index (χ2n) is 1.98. The third kappa shape index (κ3) is 2.51. The predicted octanol–water partition coefficient (Wildman–Crippen LogP) is 2.51. The maximum absolute atomic E-state index is 2.32. The Morgan fingerprint density at radius 2 is 1.88 bits per heavy atom. The van der Waals surface area contributed by atoms with Gasteiger partial charge in [0.25, 0.3) is 0 Å². The molecule has 1 atom stereocenters. The highest BCUT2D eigenvalue weighted by Crippen LogP contribution is 2.09. The molecular formula is C7H16S. The van der Waals surface area contributed by atoms with Gasteiger partial charge < -0.3 is 0 Å². The van der Waals surface area contributed by atoms with Crippen LogP contribution >= 0.6 is 10.5 Å². The second kappa shape index (κ2) is 4.13. The molecule has 0 aromatic heterocycles. The Morgan fingerprint density at radius 1 is 1.38 bits per heavy atom. The average molecular weight is 132 g/mol. The van der Waals surface area contributed by atoms with Crippen LogP contribution in [0.1, 0.15) is 27.2 Å². The molecule has 0 aromatic carbocycles. The van der Waals surface area contributed by atoms with Gasteiger partial charge in [0.1, 0.15) is 0 Å². The monoisotopic (exact) mass is 132 g/mol. The predicted molar refractivity (Wildman–Crippen MR) is 45.0 cm³/mol. The van der Waals surface area contributed by atoms with Crippen LogP contribution in [-0.4, -0.2) is 16.9 Å². The van der Waals surface area contributed by atoms with Gasteiger partial charge >= 0.3 is 0 Å². The summed E-state index contributed by atoms with van der Waals surface area (Å²) in [7, 11) is 0.595. The summed E-state index contributed by atoms with van der Waals surface area (Å²) < 4.78 is 0. The van der Waals surface area contributed by atoms with Crippen molar-refractivity contribution >= 4 is 15.3 Å². The minimum absolute atomic E-state index is 0.595. The maximum atomic E-state index is 2.32. The van der Waals surface area contributed by atoms with Crippen molar-refractivity contribution in [2.24, 2.45) is 0 Å². The Hall–Kier alpha value is 0.220. The van der Waals surface area contributed by atoms with Crippen LogP contribution in [0.5, 0.6) is 0 Å². The van der Waals surface area contributed by atoms with Crippen LogP contribution in [0.2, 0.25) is 0 Å². The van der Waals surface area contributed by atoms with Gasteiger partial charge in [-0.15, -0.1) is 0 Å². The van der Waals surface area contributed by atoms with E-state index in [-0.39, 0.29) is 0 Å². The van der Waals surface area contributed by atoms with Gasteiger partial charge in [0.2, 0.25) is 0 Å². The normalized spacial score (nSPS) is 15.8. The molecule has 8 heavy (non-hydrogen) atoms. The summed E-state index contributed by atoms with van der Waals surface area (Å²) in [5.74, 6) is 1.32. The van der Waals surface area contributed by atoms with E-state index in [1.807, 2.05) is 0 Å². The van der Waals surface area contributed by atoms with Crippen LogP contribution < -0.4 is 0 Å². The first-order valence-electron chi connectivity index (χ1n) is 3.17. The SMILES string of the molecule is CCC(C)=S(C)CC.